The average Bonchev–Trinajstić information content (AvgIpc) is 2.72. The number of benzene rings is 2. The van der Waals surface area contributed by atoms with E-state index in [2.05, 4.69) is 59.6 Å². The second kappa shape index (κ2) is 5.55. The number of aromatic nitrogens is 2. The molecule has 1 heterocycles. The summed E-state index contributed by atoms with van der Waals surface area (Å²) in [6.07, 6.45) is 0. The van der Waals surface area contributed by atoms with Crippen LogP contribution in [0.15, 0.2) is 48.5 Å². The Morgan fingerprint density at radius 1 is 1.00 bits per heavy atom. The van der Waals surface area contributed by atoms with Crippen LogP contribution in [-0.4, -0.2) is 11.7 Å². The quantitative estimate of drug-likeness (QED) is 0.591. The molecule has 4 heteroatoms. The van der Waals surface area contributed by atoms with Gasteiger partial charge < -0.3 is 17.1 Å². The molecular formula is C16H17ClN2O. The highest BCUT2D eigenvalue weighted by molar-refractivity contribution is 5.75. The van der Waals surface area contributed by atoms with Crippen molar-refractivity contribution in [2.45, 2.75) is 0 Å². The Labute approximate surface area is 124 Å². The summed E-state index contributed by atoms with van der Waals surface area (Å²) in [5.74, 6) is 2.06. The molecule has 0 unspecified atom stereocenters. The Hall–Kier alpha value is -2.00. The Balaban J connectivity index is 0.00000147. The van der Waals surface area contributed by atoms with E-state index >= 15 is 0 Å². The van der Waals surface area contributed by atoms with Crippen molar-refractivity contribution in [3.63, 3.8) is 0 Å². The van der Waals surface area contributed by atoms with Crippen molar-refractivity contribution in [3.8, 4) is 17.1 Å². The zero-order valence-corrected chi connectivity index (χ0v) is 12.6. The van der Waals surface area contributed by atoms with Crippen LogP contribution in [0.25, 0.3) is 22.4 Å². The van der Waals surface area contributed by atoms with Gasteiger partial charge in [-0.3, -0.25) is 0 Å². The number of hydrogen-bond acceptors (Lipinski definition) is 1. The van der Waals surface area contributed by atoms with E-state index in [1.807, 2.05) is 12.1 Å². The van der Waals surface area contributed by atoms with Crippen molar-refractivity contribution in [3.05, 3.63) is 48.5 Å². The molecular weight excluding hydrogens is 272 g/mol. The average molecular weight is 289 g/mol. The van der Waals surface area contributed by atoms with Crippen molar-refractivity contribution < 1.29 is 21.7 Å². The molecule has 3 aromatic rings. The van der Waals surface area contributed by atoms with Crippen LogP contribution in [0.2, 0.25) is 0 Å². The predicted molar refractivity (Wildman–Crippen MR) is 76.1 cm³/mol. The summed E-state index contributed by atoms with van der Waals surface area (Å²) in [5.41, 5.74) is 3.65. The summed E-state index contributed by atoms with van der Waals surface area (Å²) >= 11 is 0. The number of nitrogens with zero attached hydrogens (tertiary/aromatic N) is 2. The van der Waals surface area contributed by atoms with Gasteiger partial charge >= 0.3 is 0 Å². The van der Waals surface area contributed by atoms with E-state index in [0.717, 1.165) is 5.75 Å². The van der Waals surface area contributed by atoms with Gasteiger partial charge in [0.2, 0.25) is 0 Å². The monoisotopic (exact) mass is 288 g/mol. The third-order valence-corrected chi connectivity index (χ3v) is 3.59. The van der Waals surface area contributed by atoms with Crippen LogP contribution < -0.4 is 21.7 Å². The number of aryl methyl sites for hydroxylation is 2. The Kier molecular flexibility index (Phi) is 4.00. The van der Waals surface area contributed by atoms with Crippen molar-refractivity contribution in [2.75, 3.05) is 7.11 Å². The SMILES string of the molecule is COc1ccc(-c2n(C)c3ccccc3[n+]2C)cc1.[Cl-]. The first-order chi connectivity index (χ1) is 9.22. The fourth-order valence-corrected chi connectivity index (χ4v) is 2.61. The van der Waals surface area contributed by atoms with Gasteiger partial charge in [-0.05, 0) is 36.4 Å². The second-order valence-corrected chi connectivity index (χ2v) is 4.66. The number of ether oxygens (including phenoxy) is 1. The molecule has 0 bridgehead atoms. The van der Waals surface area contributed by atoms with Gasteiger partial charge in [-0.2, -0.15) is 0 Å². The molecule has 0 aliphatic rings. The molecule has 0 aliphatic heterocycles. The molecule has 0 atom stereocenters. The van der Waals surface area contributed by atoms with Gasteiger partial charge in [-0.1, -0.05) is 12.1 Å². The Bertz CT molecular complexity index is 693. The van der Waals surface area contributed by atoms with Crippen molar-refractivity contribution in [1.29, 1.82) is 0 Å². The van der Waals surface area contributed by atoms with Crippen LogP contribution in [0.3, 0.4) is 0 Å². The van der Waals surface area contributed by atoms with Crippen LogP contribution in [0.5, 0.6) is 5.75 Å². The Morgan fingerprint density at radius 2 is 1.65 bits per heavy atom. The molecule has 0 N–H and O–H groups in total. The number of imidazole rings is 1. The lowest BCUT2D eigenvalue weighted by Gasteiger charge is -2.01. The van der Waals surface area contributed by atoms with E-state index in [-0.39, 0.29) is 12.4 Å². The fraction of sp³-hybridized carbons (Fsp3) is 0.188. The first-order valence-electron chi connectivity index (χ1n) is 6.30. The lowest BCUT2D eigenvalue weighted by Crippen LogP contribution is -3.00. The number of halogens is 1. The highest BCUT2D eigenvalue weighted by Gasteiger charge is 2.20. The minimum Gasteiger partial charge on any atom is -1.00 e. The molecule has 20 heavy (non-hydrogen) atoms. The van der Waals surface area contributed by atoms with Crippen molar-refractivity contribution in [1.82, 2.24) is 4.57 Å². The minimum absolute atomic E-state index is 0. The van der Waals surface area contributed by atoms with E-state index < -0.39 is 0 Å². The molecule has 0 radical (unpaired) electrons. The van der Waals surface area contributed by atoms with E-state index in [1.165, 1.54) is 22.4 Å². The third-order valence-electron chi connectivity index (χ3n) is 3.59. The normalized spacial score (nSPS) is 10.3. The molecule has 2 aromatic carbocycles. The van der Waals surface area contributed by atoms with Gasteiger partial charge in [0, 0.05) is 0 Å². The number of rotatable bonds is 2. The van der Waals surface area contributed by atoms with Crippen molar-refractivity contribution >= 4 is 11.0 Å². The molecule has 0 amide bonds. The summed E-state index contributed by atoms with van der Waals surface area (Å²) in [5, 5.41) is 0. The summed E-state index contributed by atoms with van der Waals surface area (Å²) in [7, 11) is 5.88. The van der Waals surface area contributed by atoms with E-state index in [4.69, 9.17) is 4.74 Å². The van der Waals surface area contributed by atoms with Gasteiger partial charge in [0.1, 0.15) is 5.75 Å². The van der Waals surface area contributed by atoms with Gasteiger partial charge in [0.05, 0.1) is 26.8 Å². The summed E-state index contributed by atoms with van der Waals surface area (Å²) in [4.78, 5) is 0. The standard InChI is InChI=1S/C16H17N2O.ClH/c1-17-14-6-4-5-7-15(14)18(2)16(17)12-8-10-13(19-3)11-9-12;/h4-11H,1-3H3;1H/q+1;/p-1. The van der Waals surface area contributed by atoms with E-state index in [1.54, 1.807) is 7.11 Å². The maximum Gasteiger partial charge on any atom is 0.289 e. The van der Waals surface area contributed by atoms with Gasteiger partial charge in [-0.15, -0.1) is 0 Å². The molecule has 3 nitrogen and oxygen atoms in total. The largest absolute Gasteiger partial charge is 1.00 e. The molecule has 104 valence electrons. The molecule has 0 aliphatic carbocycles. The molecule has 0 saturated carbocycles. The van der Waals surface area contributed by atoms with E-state index in [9.17, 15) is 0 Å². The first-order valence-corrected chi connectivity index (χ1v) is 6.30. The van der Waals surface area contributed by atoms with Crippen molar-refractivity contribution in [2.24, 2.45) is 14.1 Å². The Morgan fingerprint density at radius 3 is 2.25 bits per heavy atom. The molecule has 0 saturated heterocycles. The zero-order valence-electron chi connectivity index (χ0n) is 11.8. The topological polar surface area (TPSA) is 18.0 Å². The maximum atomic E-state index is 5.21. The maximum absolute atomic E-state index is 5.21. The smallest absolute Gasteiger partial charge is 0.289 e. The lowest BCUT2D eigenvalue weighted by atomic mass is 10.2. The number of hydrogen-bond donors (Lipinski definition) is 0. The summed E-state index contributed by atoms with van der Waals surface area (Å²) < 4.78 is 9.65. The third kappa shape index (κ3) is 2.14. The summed E-state index contributed by atoms with van der Waals surface area (Å²) in [6.45, 7) is 0. The van der Waals surface area contributed by atoms with Crippen LogP contribution in [0, 0.1) is 0 Å². The molecule has 0 fully saturated rings. The number of methoxy groups -OCH3 is 1. The van der Waals surface area contributed by atoms with Gasteiger partial charge in [0.15, 0.2) is 11.0 Å². The van der Waals surface area contributed by atoms with Crippen LogP contribution in [0.4, 0.5) is 0 Å². The predicted octanol–water partition coefficient (Wildman–Crippen LogP) is -0.318. The van der Waals surface area contributed by atoms with Crippen LogP contribution in [-0.2, 0) is 14.1 Å². The number of para-hydroxylation sites is 2. The lowest BCUT2D eigenvalue weighted by molar-refractivity contribution is -0.634. The van der Waals surface area contributed by atoms with Crippen LogP contribution in [0.1, 0.15) is 0 Å². The first kappa shape index (κ1) is 14.4. The molecule has 3 rings (SSSR count). The molecule has 0 spiro atoms. The molecule has 1 aromatic heterocycles. The minimum atomic E-state index is 0. The fourth-order valence-electron chi connectivity index (χ4n) is 2.61. The highest BCUT2D eigenvalue weighted by Crippen LogP contribution is 2.23. The van der Waals surface area contributed by atoms with Gasteiger partial charge in [0.25, 0.3) is 5.82 Å². The highest BCUT2D eigenvalue weighted by atomic mass is 35.5. The zero-order chi connectivity index (χ0) is 13.4. The number of fused-ring (bicyclic) bond motifs is 1. The summed E-state index contributed by atoms with van der Waals surface area (Å²) in [6, 6.07) is 16.6. The van der Waals surface area contributed by atoms with Gasteiger partial charge in [-0.25, -0.2) is 9.13 Å². The van der Waals surface area contributed by atoms with E-state index in [0.29, 0.717) is 0 Å². The van der Waals surface area contributed by atoms with Crippen LogP contribution >= 0.6 is 0 Å². The second-order valence-electron chi connectivity index (χ2n) is 4.66.